The van der Waals surface area contributed by atoms with Crippen molar-refractivity contribution in [2.24, 2.45) is 5.92 Å². The number of hydrogen-bond donors (Lipinski definition) is 1. The lowest BCUT2D eigenvalue weighted by Gasteiger charge is -2.23. The first-order valence-electron chi connectivity index (χ1n) is 6.73. The molecular weight excluding hydrogens is 202 g/mol. The second-order valence-corrected chi connectivity index (χ2v) is 4.76. The maximum Gasteiger partial charge on any atom is 0.0671 e. The molecular formula is C13H27NO2. The molecule has 0 aromatic heterocycles. The predicted molar refractivity (Wildman–Crippen MR) is 66.7 cm³/mol. The maximum atomic E-state index is 5.84. The fraction of sp³-hybridized carbons (Fsp3) is 1.00. The van der Waals surface area contributed by atoms with Crippen LogP contribution in [-0.2, 0) is 9.47 Å². The summed E-state index contributed by atoms with van der Waals surface area (Å²) in [5.74, 6) is 0.715. The lowest BCUT2D eigenvalue weighted by molar-refractivity contribution is -0.00427. The van der Waals surface area contributed by atoms with Crippen LogP contribution in [0.5, 0.6) is 0 Å². The zero-order chi connectivity index (χ0) is 11.6. The van der Waals surface area contributed by atoms with Gasteiger partial charge in [0, 0.05) is 26.4 Å². The Labute approximate surface area is 99.9 Å². The van der Waals surface area contributed by atoms with E-state index >= 15 is 0 Å². The van der Waals surface area contributed by atoms with Gasteiger partial charge in [-0.05, 0) is 38.6 Å². The molecule has 1 aliphatic rings. The van der Waals surface area contributed by atoms with Gasteiger partial charge in [0.1, 0.15) is 0 Å². The van der Waals surface area contributed by atoms with Crippen LogP contribution in [0.15, 0.2) is 0 Å². The van der Waals surface area contributed by atoms with Gasteiger partial charge in [-0.25, -0.2) is 0 Å². The molecule has 3 nitrogen and oxygen atoms in total. The summed E-state index contributed by atoms with van der Waals surface area (Å²) in [6.07, 6.45) is 5.17. The van der Waals surface area contributed by atoms with Crippen molar-refractivity contribution >= 4 is 0 Å². The summed E-state index contributed by atoms with van der Waals surface area (Å²) >= 11 is 0. The van der Waals surface area contributed by atoms with Gasteiger partial charge in [0.2, 0.25) is 0 Å². The van der Waals surface area contributed by atoms with Crippen molar-refractivity contribution in [1.82, 2.24) is 5.32 Å². The van der Waals surface area contributed by atoms with Gasteiger partial charge in [-0.1, -0.05) is 13.3 Å². The van der Waals surface area contributed by atoms with Crippen molar-refractivity contribution in [3.05, 3.63) is 0 Å². The molecule has 1 unspecified atom stereocenters. The number of nitrogens with one attached hydrogen (secondary N) is 1. The molecule has 1 aliphatic heterocycles. The van der Waals surface area contributed by atoms with Gasteiger partial charge in [0.25, 0.3) is 0 Å². The fourth-order valence-corrected chi connectivity index (χ4v) is 1.88. The highest BCUT2D eigenvalue weighted by atomic mass is 16.5. The van der Waals surface area contributed by atoms with E-state index in [1.807, 2.05) is 0 Å². The van der Waals surface area contributed by atoms with Crippen LogP contribution in [0.3, 0.4) is 0 Å². The van der Waals surface area contributed by atoms with Crippen molar-refractivity contribution in [1.29, 1.82) is 0 Å². The Morgan fingerprint density at radius 1 is 1.38 bits per heavy atom. The fourth-order valence-electron chi connectivity index (χ4n) is 1.88. The van der Waals surface area contributed by atoms with E-state index in [4.69, 9.17) is 9.47 Å². The van der Waals surface area contributed by atoms with Crippen LogP contribution < -0.4 is 5.32 Å². The number of hydrogen-bond acceptors (Lipinski definition) is 3. The van der Waals surface area contributed by atoms with Crippen LogP contribution >= 0.6 is 0 Å². The normalized spacial score (nSPS) is 19.9. The Morgan fingerprint density at radius 3 is 2.81 bits per heavy atom. The van der Waals surface area contributed by atoms with Gasteiger partial charge in [0.15, 0.2) is 0 Å². The third-order valence-corrected chi connectivity index (χ3v) is 3.10. The standard InChI is InChI=1S/C13H27NO2/c1-3-4-7-14-10-12(2)16-11-13-5-8-15-9-6-13/h12-14H,3-11H2,1-2H3. The highest BCUT2D eigenvalue weighted by Crippen LogP contribution is 2.15. The third-order valence-electron chi connectivity index (χ3n) is 3.10. The predicted octanol–water partition coefficient (Wildman–Crippen LogP) is 2.21. The van der Waals surface area contributed by atoms with E-state index < -0.39 is 0 Å². The van der Waals surface area contributed by atoms with E-state index in [-0.39, 0.29) is 0 Å². The molecule has 0 saturated carbocycles. The van der Waals surface area contributed by atoms with Crippen LogP contribution in [0, 0.1) is 5.92 Å². The van der Waals surface area contributed by atoms with Crippen LogP contribution in [0.2, 0.25) is 0 Å². The molecule has 0 aromatic carbocycles. The minimum absolute atomic E-state index is 0.333. The minimum Gasteiger partial charge on any atom is -0.381 e. The molecule has 1 saturated heterocycles. The number of ether oxygens (including phenoxy) is 2. The van der Waals surface area contributed by atoms with Crippen LogP contribution in [0.25, 0.3) is 0 Å². The average molecular weight is 229 g/mol. The first kappa shape index (κ1) is 13.9. The van der Waals surface area contributed by atoms with Crippen molar-refractivity contribution in [2.75, 3.05) is 32.9 Å². The highest BCUT2D eigenvalue weighted by Gasteiger charge is 2.14. The maximum absolute atomic E-state index is 5.84. The number of unbranched alkanes of at least 4 members (excludes halogenated alkanes) is 1. The summed E-state index contributed by atoms with van der Waals surface area (Å²) in [4.78, 5) is 0. The molecule has 0 bridgehead atoms. The van der Waals surface area contributed by atoms with E-state index in [1.165, 1.54) is 12.8 Å². The molecule has 16 heavy (non-hydrogen) atoms. The van der Waals surface area contributed by atoms with E-state index in [0.717, 1.165) is 45.8 Å². The van der Waals surface area contributed by atoms with Crippen LogP contribution in [0.1, 0.15) is 39.5 Å². The van der Waals surface area contributed by atoms with Gasteiger partial charge in [-0.3, -0.25) is 0 Å². The van der Waals surface area contributed by atoms with Gasteiger partial charge in [0.05, 0.1) is 6.10 Å². The Bertz CT molecular complexity index is 158. The molecule has 3 heteroatoms. The van der Waals surface area contributed by atoms with Crippen molar-refractivity contribution in [3.8, 4) is 0 Å². The van der Waals surface area contributed by atoms with Crippen molar-refractivity contribution < 1.29 is 9.47 Å². The van der Waals surface area contributed by atoms with E-state index in [0.29, 0.717) is 12.0 Å². The Balaban J connectivity index is 1.94. The summed E-state index contributed by atoms with van der Waals surface area (Å²) in [6.45, 7) is 9.18. The molecule has 1 heterocycles. The zero-order valence-corrected chi connectivity index (χ0v) is 10.8. The molecule has 0 aromatic rings. The number of rotatable bonds is 8. The molecule has 1 atom stereocenters. The molecule has 0 spiro atoms. The topological polar surface area (TPSA) is 30.5 Å². The molecule has 1 fully saturated rings. The van der Waals surface area contributed by atoms with Gasteiger partial charge in [-0.2, -0.15) is 0 Å². The minimum atomic E-state index is 0.333. The summed E-state index contributed by atoms with van der Waals surface area (Å²) in [6, 6.07) is 0. The summed E-state index contributed by atoms with van der Waals surface area (Å²) in [5.41, 5.74) is 0. The molecule has 1 rings (SSSR count). The Hall–Kier alpha value is -0.120. The largest absolute Gasteiger partial charge is 0.381 e. The first-order valence-corrected chi connectivity index (χ1v) is 6.73. The van der Waals surface area contributed by atoms with Gasteiger partial charge >= 0.3 is 0 Å². The second-order valence-electron chi connectivity index (χ2n) is 4.76. The van der Waals surface area contributed by atoms with E-state index in [2.05, 4.69) is 19.2 Å². The Morgan fingerprint density at radius 2 is 2.12 bits per heavy atom. The van der Waals surface area contributed by atoms with Crippen molar-refractivity contribution in [2.45, 2.75) is 45.6 Å². The smallest absolute Gasteiger partial charge is 0.0671 e. The molecule has 96 valence electrons. The second kappa shape index (κ2) is 8.97. The third kappa shape index (κ3) is 6.46. The SMILES string of the molecule is CCCCNCC(C)OCC1CCOCC1. The van der Waals surface area contributed by atoms with Gasteiger partial charge < -0.3 is 14.8 Å². The molecule has 0 radical (unpaired) electrons. The monoisotopic (exact) mass is 229 g/mol. The summed E-state index contributed by atoms with van der Waals surface area (Å²) in [7, 11) is 0. The van der Waals surface area contributed by atoms with Crippen LogP contribution in [0.4, 0.5) is 0 Å². The zero-order valence-electron chi connectivity index (χ0n) is 10.8. The van der Waals surface area contributed by atoms with Gasteiger partial charge in [-0.15, -0.1) is 0 Å². The lowest BCUT2D eigenvalue weighted by atomic mass is 10.0. The van der Waals surface area contributed by atoms with E-state index in [9.17, 15) is 0 Å². The van der Waals surface area contributed by atoms with Crippen molar-refractivity contribution in [3.63, 3.8) is 0 Å². The highest BCUT2D eigenvalue weighted by molar-refractivity contribution is 4.64. The molecule has 0 aliphatic carbocycles. The lowest BCUT2D eigenvalue weighted by Crippen LogP contribution is -2.30. The van der Waals surface area contributed by atoms with E-state index in [1.54, 1.807) is 0 Å². The summed E-state index contributed by atoms with van der Waals surface area (Å²) in [5, 5.41) is 3.42. The summed E-state index contributed by atoms with van der Waals surface area (Å²) < 4.78 is 11.2. The quantitative estimate of drug-likeness (QED) is 0.647. The average Bonchev–Trinajstić information content (AvgIpc) is 2.33. The first-order chi connectivity index (χ1) is 7.83. The molecule has 1 N–H and O–H groups in total. The van der Waals surface area contributed by atoms with Crippen LogP contribution in [-0.4, -0.2) is 39.0 Å². The molecule has 0 amide bonds. The Kier molecular flexibility index (Phi) is 7.81.